The molecule has 2 rings (SSSR count). The van der Waals surface area contributed by atoms with Crippen LogP contribution in [0, 0.1) is 5.92 Å². The summed E-state index contributed by atoms with van der Waals surface area (Å²) in [6, 6.07) is 2.58. The van der Waals surface area contributed by atoms with Gasteiger partial charge in [0, 0.05) is 11.6 Å². The van der Waals surface area contributed by atoms with Gasteiger partial charge in [0.25, 0.3) is 0 Å². The van der Waals surface area contributed by atoms with Crippen LogP contribution in [-0.4, -0.2) is 16.2 Å². The molecule has 0 amide bonds. The molecular weight excluding hydrogens is 310 g/mol. The highest BCUT2D eigenvalue weighted by Crippen LogP contribution is 2.39. The van der Waals surface area contributed by atoms with E-state index in [0.717, 1.165) is 25.7 Å². The molecule has 19 heavy (non-hydrogen) atoms. The van der Waals surface area contributed by atoms with Gasteiger partial charge in [0.05, 0.1) is 10.0 Å². The molecule has 0 bridgehead atoms. The first-order valence-electron chi connectivity index (χ1n) is 6.52. The second kappa shape index (κ2) is 5.92. The molecule has 1 fully saturated rings. The van der Waals surface area contributed by atoms with Crippen LogP contribution in [0.25, 0.3) is 0 Å². The fourth-order valence-electron chi connectivity index (χ4n) is 2.75. The molecule has 1 aromatic rings. The number of rotatable bonds is 3. The second-order valence-corrected chi connectivity index (χ2v) is 5.98. The third kappa shape index (κ3) is 3.09. The minimum absolute atomic E-state index is 0.0584. The number of carboxylic acids is 1. The normalized spacial score (nSPS) is 18.2. The van der Waals surface area contributed by atoms with E-state index in [2.05, 4.69) is 15.9 Å². The van der Waals surface area contributed by atoms with Crippen molar-refractivity contribution in [1.82, 2.24) is 0 Å². The van der Waals surface area contributed by atoms with Gasteiger partial charge >= 0.3 is 5.97 Å². The Bertz CT molecular complexity index is 484. The smallest absolute Gasteiger partial charge is 0.335 e. The average molecular weight is 328 g/mol. The molecule has 1 saturated carbocycles. The van der Waals surface area contributed by atoms with Crippen molar-refractivity contribution in [3.63, 3.8) is 0 Å². The largest absolute Gasteiger partial charge is 0.506 e. The van der Waals surface area contributed by atoms with Gasteiger partial charge < -0.3 is 15.9 Å². The zero-order valence-electron chi connectivity index (χ0n) is 10.6. The molecule has 4 N–H and O–H groups in total. The Kier molecular flexibility index (Phi) is 4.47. The minimum Gasteiger partial charge on any atom is -0.506 e. The van der Waals surface area contributed by atoms with E-state index in [1.54, 1.807) is 0 Å². The number of aromatic carboxylic acids is 1. The Hall–Kier alpha value is -1.07. The third-order valence-electron chi connectivity index (χ3n) is 3.86. The number of phenolic OH excluding ortho intramolecular Hbond substituents is 1. The first-order chi connectivity index (χ1) is 9.00. The van der Waals surface area contributed by atoms with Crippen LogP contribution in [-0.2, 0) is 0 Å². The lowest BCUT2D eigenvalue weighted by Crippen LogP contribution is -2.24. The van der Waals surface area contributed by atoms with Crippen molar-refractivity contribution in [2.24, 2.45) is 11.7 Å². The zero-order valence-corrected chi connectivity index (χ0v) is 12.2. The van der Waals surface area contributed by atoms with Crippen molar-refractivity contribution in [3.05, 3.63) is 27.7 Å². The molecule has 0 aromatic heterocycles. The van der Waals surface area contributed by atoms with Crippen LogP contribution in [0.3, 0.4) is 0 Å². The van der Waals surface area contributed by atoms with Gasteiger partial charge in [0.1, 0.15) is 5.75 Å². The zero-order chi connectivity index (χ0) is 14.0. The van der Waals surface area contributed by atoms with Crippen molar-refractivity contribution in [3.8, 4) is 5.75 Å². The Morgan fingerprint density at radius 2 is 1.95 bits per heavy atom. The fourth-order valence-corrected chi connectivity index (χ4v) is 3.22. The molecule has 0 saturated heterocycles. The van der Waals surface area contributed by atoms with Crippen molar-refractivity contribution < 1.29 is 15.0 Å². The summed E-state index contributed by atoms with van der Waals surface area (Å²) in [6.07, 6.45) is 5.61. The van der Waals surface area contributed by atoms with Crippen molar-refractivity contribution in [2.45, 2.75) is 38.1 Å². The molecule has 0 aliphatic heterocycles. The van der Waals surface area contributed by atoms with E-state index < -0.39 is 5.97 Å². The topological polar surface area (TPSA) is 83.6 Å². The number of carbonyl (C=O) groups is 1. The maximum Gasteiger partial charge on any atom is 0.335 e. The molecule has 1 aliphatic carbocycles. The van der Waals surface area contributed by atoms with Crippen LogP contribution in [0.4, 0.5) is 0 Å². The van der Waals surface area contributed by atoms with Crippen molar-refractivity contribution in [1.29, 1.82) is 0 Å². The molecule has 0 heterocycles. The highest BCUT2D eigenvalue weighted by molar-refractivity contribution is 9.10. The number of aromatic hydroxyl groups is 1. The Morgan fingerprint density at radius 3 is 2.53 bits per heavy atom. The first-order valence-corrected chi connectivity index (χ1v) is 7.31. The number of nitrogens with two attached hydrogens (primary N) is 1. The summed E-state index contributed by atoms with van der Waals surface area (Å²) in [5, 5.41) is 19.2. The van der Waals surface area contributed by atoms with E-state index >= 15 is 0 Å². The quantitative estimate of drug-likeness (QED) is 0.794. The minimum atomic E-state index is -1.02. The van der Waals surface area contributed by atoms with Gasteiger partial charge in [-0.05, 0) is 46.8 Å². The predicted octanol–water partition coefficient (Wildman–Crippen LogP) is 3.43. The lowest BCUT2D eigenvalue weighted by molar-refractivity contribution is 0.0696. The fraction of sp³-hybridized carbons (Fsp3) is 0.500. The number of carboxylic acid groups (broad SMARTS) is 1. The molecule has 104 valence electrons. The molecule has 1 atom stereocenters. The molecule has 5 heteroatoms. The van der Waals surface area contributed by atoms with E-state index in [-0.39, 0.29) is 17.4 Å². The molecule has 4 nitrogen and oxygen atoms in total. The predicted molar refractivity (Wildman–Crippen MR) is 76.3 cm³/mol. The van der Waals surface area contributed by atoms with Crippen LogP contribution < -0.4 is 5.73 Å². The molecule has 0 spiro atoms. The lowest BCUT2D eigenvalue weighted by Gasteiger charge is -2.28. The Morgan fingerprint density at radius 1 is 1.32 bits per heavy atom. The van der Waals surface area contributed by atoms with Gasteiger partial charge in [0.2, 0.25) is 0 Å². The maximum absolute atomic E-state index is 11.1. The number of hydrogen-bond donors (Lipinski definition) is 3. The van der Waals surface area contributed by atoms with Crippen molar-refractivity contribution in [2.75, 3.05) is 0 Å². The van der Waals surface area contributed by atoms with Gasteiger partial charge in [-0.25, -0.2) is 4.79 Å². The number of hydrogen-bond acceptors (Lipinski definition) is 3. The van der Waals surface area contributed by atoms with Gasteiger partial charge in [-0.3, -0.25) is 0 Å². The summed E-state index contributed by atoms with van der Waals surface area (Å²) in [7, 11) is 0. The number of halogens is 1. The molecule has 0 radical (unpaired) electrons. The number of phenols is 1. The summed E-state index contributed by atoms with van der Waals surface area (Å²) in [6.45, 7) is 0. The standard InChI is InChI=1S/C14H18BrNO3/c15-11-7-9(14(18)19)6-10(13(11)17)12(16)8-4-2-1-3-5-8/h6-8,12,17H,1-5,16H2,(H,18,19)/t12-/m0/s1. The molecule has 0 unspecified atom stereocenters. The van der Waals surface area contributed by atoms with Crippen molar-refractivity contribution >= 4 is 21.9 Å². The highest BCUT2D eigenvalue weighted by atomic mass is 79.9. The highest BCUT2D eigenvalue weighted by Gasteiger charge is 2.25. The van der Waals surface area contributed by atoms with E-state index in [4.69, 9.17) is 10.8 Å². The van der Waals surface area contributed by atoms with Gasteiger partial charge in [0.15, 0.2) is 0 Å². The summed E-state index contributed by atoms with van der Waals surface area (Å²) in [5.74, 6) is -0.642. The van der Waals surface area contributed by atoms with Crippen LogP contribution in [0.5, 0.6) is 5.75 Å². The third-order valence-corrected chi connectivity index (χ3v) is 4.46. The van der Waals surface area contributed by atoms with E-state index in [1.807, 2.05) is 0 Å². The van der Waals surface area contributed by atoms with E-state index in [9.17, 15) is 9.90 Å². The molecule has 1 aliphatic rings. The van der Waals surface area contributed by atoms with Crippen LogP contribution in [0.1, 0.15) is 54.1 Å². The number of benzene rings is 1. The summed E-state index contributed by atoms with van der Waals surface area (Å²) >= 11 is 3.19. The first kappa shape index (κ1) is 14.3. The van der Waals surface area contributed by atoms with E-state index in [1.165, 1.54) is 18.6 Å². The Labute approximate surface area is 120 Å². The lowest BCUT2D eigenvalue weighted by atomic mass is 9.81. The molecular formula is C14H18BrNO3. The molecule has 1 aromatic carbocycles. The van der Waals surface area contributed by atoms with Crippen LogP contribution >= 0.6 is 15.9 Å². The summed E-state index contributed by atoms with van der Waals surface area (Å²) in [5.41, 5.74) is 6.91. The van der Waals surface area contributed by atoms with Gasteiger partial charge in [-0.1, -0.05) is 19.3 Å². The van der Waals surface area contributed by atoms with Gasteiger partial charge in [-0.15, -0.1) is 0 Å². The summed E-state index contributed by atoms with van der Waals surface area (Å²) < 4.78 is 0.383. The van der Waals surface area contributed by atoms with Gasteiger partial charge in [-0.2, -0.15) is 0 Å². The average Bonchev–Trinajstić information content (AvgIpc) is 2.41. The SMILES string of the molecule is N[C@H](c1cc(C(=O)O)cc(Br)c1O)C1CCCCC1. The second-order valence-electron chi connectivity index (χ2n) is 5.12. The maximum atomic E-state index is 11.1. The monoisotopic (exact) mass is 327 g/mol. The summed E-state index contributed by atoms with van der Waals surface area (Å²) in [4.78, 5) is 11.1. The van der Waals surface area contributed by atoms with E-state index in [0.29, 0.717) is 16.0 Å². The van der Waals surface area contributed by atoms with Crippen LogP contribution in [0.15, 0.2) is 16.6 Å². The van der Waals surface area contributed by atoms with Crippen LogP contribution in [0.2, 0.25) is 0 Å². The Balaban J connectivity index is 2.34.